The Hall–Kier alpha value is -2.38. The Kier molecular flexibility index (Phi) is 6.21. The van der Waals surface area contributed by atoms with E-state index in [0.717, 1.165) is 23.1 Å². The number of carbonyl (C=O) groups excluding carboxylic acids is 5. The average Bonchev–Trinajstić information content (AvgIpc) is 3.08. The molecule has 0 radical (unpaired) electrons. The van der Waals surface area contributed by atoms with Crippen molar-refractivity contribution in [2.75, 3.05) is 4.90 Å². The summed E-state index contributed by atoms with van der Waals surface area (Å²) in [6, 6.07) is 5.06. The number of hydrogen-bond acceptors (Lipinski definition) is 8. The summed E-state index contributed by atoms with van der Waals surface area (Å²) in [5.74, 6) is -4.97. The van der Waals surface area contributed by atoms with Gasteiger partial charge < -0.3 is 6.26 Å². The number of imide groups is 2. The van der Waals surface area contributed by atoms with Crippen molar-refractivity contribution in [3.8, 4) is 0 Å². The van der Waals surface area contributed by atoms with Crippen LogP contribution in [0.2, 0.25) is 0 Å². The van der Waals surface area contributed by atoms with Crippen molar-refractivity contribution in [3.63, 3.8) is 0 Å². The summed E-state index contributed by atoms with van der Waals surface area (Å²) in [5.41, 5.74) is -0.157. The Balaban J connectivity index is 0.00000210. The van der Waals surface area contributed by atoms with Crippen LogP contribution in [0, 0.1) is 0 Å². The van der Waals surface area contributed by atoms with Gasteiger partial charge in [-0.05, 0) is 18.2 Å². The van der Waals surface area contributed by atoms with Crippen LogP contribution in [0.1, 0.15) is 18.2 Å². The Bertz CT molecular complexity index is 1020. The molecule has 1 atom stereocenters. The SMILES string of the molecule is O=C(ON1C(=O)CC(S(=O)(=O)O)C1=O)c1cccc(N2C(=O)C=CC2=O)c1.[H-].[Na+]. The third-order valence-corrected chi connectivity index (χ3v) is 4.83. The van der Waals surface area contributed by atoms with E-state index < -0.39 is 51.4 Å². The van der Waals surface area contributed by atoms with Gasteiger partial charge in [-0.25, -0.2) is 9.69 Å². The fourth-order valence-corrected chi connectivity index (χ4v) is 3.18. The van der Waals surface area contributed by atoms with Crippen LogP contribution in [0.25, 0.3) is 0 Å². The first-order valence-electron chi connectivity index (χ1n) is 7.31. The Morgan fingerprint density at radius 1 is 1.14 bits per heavy atom. The molecule has 2 heterocycles. The smallest absolute Gasteiger partial charge is 1.00 e. The van der Waals surface area contributed by atoms with Gasteiger partial charge in [-0.1, -0.05) is 6.07 Å². The minimum absolute atomic E-state index is 0. The monoisotopic (exact) mass is 418 g/mol. The van der Waals surface area contributed by atoms with Crippen molar-refractivity contribution in [1.29, 1.82) is 0 Å². The van der Waals surface area contributed by atoms with Crippen molar-refractivity contribution in [1.82, 2.24) is 5.06 Å². The summed E-state index contributed by atoms with van der Waals surface area (Å²) in [4.78, 5) is 64.6. The number of carbonyl (C=O) groups is 5. The van der Waals surface area contributed by atoms with E-state index in [1.807, 2.05) is 0 Å². The largest absolute Gasteiger partial charge is 1.00 e. The van der Waals surface area contributed by atoms with Crippen molar-refractivity contribution < 1.29 is 72.8 Å². The van der Waals surface area contributed by atoms with Gasteiger partial charge in [0.15, 0.2) is 5.25 Å². The summed E-state index contributed by atoms with van der Waals surface area (Å²) >= 11 is 0. The van der Waals surface area contributed by atoms with Crippen molar-refractivity contribution in [2.24, 2.45) is 0 Å². The molecule has 2 aliphatic rings. The first-order chi connectivity index (χ1) is 12.6. The van der Waals surface area contributed by atoms with E-state index in [0.29, 0.717) is 0 Å². The van der Waals surface area contributed by atoms with Gasteiger partial charge in [0.2, 0.25) is 0 Å². The van der Waals surface area contributed by atoms with Crippen LogP contribution in [0.3, 0.4) is 0 Å². The standard InChI is InChI=1S/C15H10N2O9S.Na.H/c18-11-4-5-12(19)16(11)9-3-1-2-8(6-9)15(22)26-17-13(20)7-10(14(17)21)27(23,24)25;;/h1-6,10H,7H2,(H,23,24,25);;/q;+1;-1. The number of amides is 4. The van der Waals surface area contributed by atoms with E-state index >= 15 is 0 Å². The molecule has 0 bridgehead atoms. The van der Waals surface area contributed by atoms with E-state index in [4.69, 9.17) is 4.55 Å². The third-order valence-electron chi connectivity index (χ3n) is 3.75. The molecule has 1 unspecified atom stereocenters. The van der Waals surface area contributed by atoms with Crippen LogP contribution >= 0.6 is 0 Å². The van der Waals surface area contributed by atoms with Crippen LogP contribution in [0.5, 0.6) is 0 Å². The van der Waals surface area contributed by atoms with Crippen LogP contribution < -0.4 is 34.5 Å². The number of hydrogen-bond donors (Lipinski definition) is 1. The molecule has 0 aliphatic carbocycles. The van der Waals surface area contributed by atoms with Gasteiger partial charge in [-0.15, -0.1) is 5.06 Å². The maximum absolute atomic E-state index is 12.2. The molecule has 1 aromatic carbocycles. The number of benzene rings is 1. The topological polar surface area (TPSA) is 155 Å². The molecule has 1 N–H and O–H groups in total. The molecule has 1 aromatic rings. The second kappa shape index (κ2) is 7.93. The average molecular weight is 418 g/mol. The minimum atomic E-state index is -4.84. The predicted molar refractivity (Wildman–Crippen MR) is 86.4 cm³/mol. The fourth-order valence-electron chi connectivity index (χ4n) is 2.47. The zero-order valence-electron chi connectivity index (χ0n) is 15.3. The molecular weight excluding hydrogens is 407 g/mol. The van der Waals surface area contributed by atoms with Gasteiger partial charge in [-0.3, -0.25) is 23.7 Å². The first-order valence-corrected chi connectivity index (χ1v) is 8.81. The zero-order chi connectivity index (χ0) is 19.9. The molecule has 0 spiro atoms. The molecule has 13 heteroatoms. The van der Waals surface area contributed by atoms with Gasteiger partial charge in [0.05, 0.1) is 17.7 Å². The van der Waals surface area contributed by atoms with Gasteiger partial charge in [0.1, 0.15) is 0 Å². The molecule has 1 fully saturated rings. The van der Waals surface area contributed by atoms with E-state index in [2.05, 4.69) is 4.84 Å². The zero-order valence-corrected chi connectivity index (χ0v) is 17.1. The van der Waals surface area contributed by atoms with E-state index in [1.54, 1.807) is 0 Å². The minimum Gasteiger partial charge on any atom is -1.00 e. The summed E-state index contributed by atoms with van der Waals surface area (Å²) in [6.07, 6.45) is 1.22. The third kappa shape index (κ3) is 4.05. The van der Waals surface area contributed by atoms with Gasteiger partial charge in [-0.2, -0.15) is 8.42 Å². The normalized spacial score (nSPS) is 19.2. The molecule has 11 nitrogen and oxygen atoms in total. The molecule has 3 rings (SSSR count). The van der Waals surface area contributed by atoms with E-state index in [-0.39, 0.29) is 47.3 Å². The van der Waals surface area contributed by atoms with Gasteiger partial charge in [0.25, 0.3) is 33.7 Å². The van der Waals surface area contributed by atoms with Crippen LogP contribution in [-0.4, -0.2) is 52.9 Å². The predicted octanol–water partition coefficient (Wildman–Crippen LogP) is -3.68. The molecule has 1 saturated heterocycles. The Morgan fingerprint density at radius 3 is 2.29 bits per heavy atom. The van der Waals surface area contributed by atoms with Crippen LogP contribution in [-0.2, 0) is 34.1 Å². The second-order valence-corrected chi connectivity index (χ2v) is 7.11. The van der Waals surface area contributed by atoms with Crippen molar-refractivity contribution >= 4 is 45.4 Å². The van der Waals surface area contributed by atoms with Gasteiger partial charge >= 0.3 is 35.5 Å². The van der Waals surface area contributed by atoms with Crippen molar-refractivity contribution in [2.45, 2.75) is 11.7 Å². The summed E-state index contributed by atoms with van der Waals surface area (Å²) < 4.78 is 31.1. The number of rotatable bonds is 4. The maximum Gasteiger partial charge on any atom is 1.00 e. The quantitative estimate of drug-likeness (QED) is 0.296. The second-order valence-electron chi connectivity index (χ2n) is 5.51. The fraction of sp³-hybridized carbons (Fsp3) is 0.133. The number of nitrogens with zero attached hydrogens (tertiary/aromatic N) is 2. The number of hydroxylamine groups is 2. The van der Waals surface area contributed by atoms with Crippen molar-refractivity contribution in [3.05, 3.63) is 42.0 Å². The molecule has 142 valence electrons. The van der Waals surface area contributed by atoms with Crippen LogP contribution in [0.15, 0.2) is 36.4 Å². The molecule has 4 amide bonds. The molecule has 0 saturated carbocycles. The molecule has 28 heavy (non-hydrogen) atoms. The summed E-state index contributed by atoms with van der Waals surface area (Å²) in [5, 5.41) is -2.09. The Labute approximate surface area is 181 Å². The number of anilines is 1. The molecule has 2 aliphatic heterocycles. The summed E-state index contributed by atoms with van der Waals surface area (Å²) in [6.45, 7) is 0. The summed E-state index contributed by atoms with van der Waals surface area (Å²) in [7, 11) is -4.84. The first kappa shape index (κ1) is 21.9. The maximum atomic E-state index is 12.2. The van der Waals surface area contributed by atoms with E-state index in [9.17, 15) is 32.4 Å². The molecule has 0 aromatic heterocycles. The van der Waals surface area contributed by atoms with Gasteiger partial charge in [0, 0.05) is 12.2 Å². The van der Waals surface area contributed by atoms with Crippen LogP contribution in [0.4, 0.5) is 5.69 Å². The molecular formula is C15H11N2NaO9S. The van der Waals surface area contributed by atoms with E-state index in [1.165, 1.54) is 18.2 Å². The Morgan fingerprint density at radius 2 is 1.75 bits per heavy atom.